The minimum atomic E-state index is -3.57. The average Bonchev–Trinajstić information content (AvgIpc) is 3.95. The van der Waals surface area contributed by atoms with Gasteiger partial charge in [-0.1, -0.05) is 85.5 Å². The molecular formula is C41H67N5O7S. The van der Waals surface area contributed by atoms with Gasteiger partial charge in [-0.05, 0) is 93.8 Å². The van der Waals surface area contributed by atoms with Gasteiger partial charge in [0.05, 0.1) is 22.1 Å². The number of Topliss-reactive ketones (excluding diaryl/α,β-unsaturated/α-hetero) is 1. The number of rotatable bonds is 15. The van der Waals surface area contributed by atoms with Crippen LogP contribution >= 0.6 is 0 Å². The fourth-order valence-electron chi connectivity index (χ4n) is 10.1. The van der Waals surface area contributed by atoms with Crippen molar-refractivity contribution in [3.8, 4) is 0 Å². The van der Waals surface area contributed by atoms with Crippen molar-refractivity contribution >= 4 is 39.4 Å². The quantitative estimate of drug-likeness (QED) is 0.171. The molecule has 0 aromatic rings. The van der Waals surface area contributed by atoms with Gasteiger partial charge in [0.25, 0.3) is 5.91 Å². The zero-order valence-corrected chi connectivity index (χ0v) is 34.5. The molecule has 1 aliphatic heterocycles. The molecule has 1 heterocycles. The highest BCUT2D eigenvalue weighted by molar-refractivity contribution is 7.92. The first-order valence-corrected chi connectivity index (χ1v) is 22.7. The fourth-order valence-corrected chi connectivity index (χ4v) is 12.0. The Morgan fingerprint density at radius 1 is 0.833 bits per heavy atom. The summed E-state index contributed by atoms with van der Waals surface area (Å²) in [5.41, 5.74) is -1.70. The molecule has 13 heteroatoms. The highest BCUT2D eigenvalue weighted by Crippen LogP contribution is 2.65. The lowest BCUT2D eigenvalue weighted by Gasteiger charge is -2.44. The van der Waals surface area contributed by atoms with Crippen LogP contribution in [0.1, 0.15) is 151 Å². The van der Waals surface area contributed by atoms with Crippen LogP contribution in [0, 0.1) is 28.6 Å². The van der Waals surface area contributed by atoms with Gasteiger partial charge in [0.2, 0.25) is 17.6 Å². The molecule has 6 rings (SSSR count). The minimum Gasteiger partial charge on any atom is -0.347 e. The largest absolute Gasteiger partial charge is 0.347 e. The molecule has 1 saturated heterocycles. The van der Waals surface area contributed by atoms with Crippen LogP contribution in [-0.2, 0) is 29.0 Å². The van der Waals surface area contributed by atoms with E-state index in [9.17, 15) is 27.6 Å². The molecule has 0 spiro atoms. The number of carbonyl (C=O) groups excluding carboxylic acids is 5. The number of nitrogens with one attached hydrogen (secondary N) is 4. The van der Waals surface area contributed by atoms with Crippen LogP contribution in [0.25, 0.3) is 0 Å². The maximum Gasteiger partial charge on any atom is 0.315 e. The van der Waals surface area contributed by atoms with Crippen molar-refractivity contribution in [1.82, 2.24) is 26.2 Å². The van der Waals surface area contributed by atoms with Crippen LogP contribution in [-0.4, -0.2) is 89.6 Å². The lowest BCUT2D eigenvalue weighted by molar-refractivity contribution is -0.146. The van der Waals surface area contributed by atoms with Crippen LogP contribution in [0.15, 0.2) is 0 Å². The van der Waals surface area contributed by atoms with Crippen molar-refractivity contribution in [2.24, 2.45) is 28.6 Å². The van der Waals surface area contributed by atoms with Crippen molar-refractivity contribution < 1.29 is 32.4 Å². The highest BCUT2D eigenvalue weighted by atomic mass is 32.2. The maximum atomic E-state index is 15.0. The summed E-state index contributed by atoms with van der Waals surface area (Å²) < 4.78 is 26.5. The smallest absolute Gasteiger partial charge is 0.315 e. The normalized spacial score (nSPS) is 28.4. The van der Waals surface area contributed by atoms with Crippen molar-refractivity contribution in [2.45, 2.75) is 185 Å². The van der Waals surface area contributed by atoms with Crippen molar-refractivity contribution in [3.63, 3.8) is 0 Å². The molecule has 0 bridgehead atoms. The van der Waals surface area contributed by atoms with Gasteiger partial charge in [0, 0.05) is 12.6 Å². The Bertz CT molecular complexity index is 1570. The third-order valence-corrected chi connectivity index (χ3v) is 17.8. The molecule has 0 aromatic carbocycles. The first-order valence-electron chi connectivity index (χ1n) is 21.1. The lowest BCUT2D eigenvalue weighted by Crippen LogP contribution is -2.65. The third-order valence-electron chi connectivity index (χ3n) is 14.9. The maximum absolute atomic E-state index is 15.0. The summed E-state index contributed by atoms with van der Waals surface area (Å²) in [6, 6.07) is -3.28. The summed E-state index contributed by atoms with van der Waals surface area (Å²) in [4.78, 5) is 71.7. The Morgan fingerprint density at radius 3 is 2.00 bits per heavy atom. The second-order valence-electron chi connectivity index (χ2n) is 19.6. The van der Waals surface area contributed by atoms with E-state index in [1.807, 2.05) is 13.8 Å². The van der Waals surface area contributed by atoms with Crippen LogP contribution in [0.5, 0.6) is 0 Å². The SMILES string of the molecule is CCC(C)(C)S(=O)(=O)CC1(NC(=O)N[C@H](C(=O)N2CC3[C@@H]([C@H]2C(=O)NC(CC2CCC2)C(=O)C(=O)NC2CC2)C3(C)C)C2(C)CCCCC2)CCCCC1. The number of amides is 5. The van der Waals surface area contributed by atoms with Crippen molar-refractivity contribution in [3.05, 3.63) is 0 Å². The Morgan fingerprint density at radius 2 is 1.44 bits per heavy atom. The molecule has 5 atom stereocenters. The Labute approximate surface area is 323 Å². The molecule has 54 heavy (non-hydrogen) atoms. The summed E-state index contributed by atoms with van der Waals surface area (Å²) >= 11 is 0. The van der Waals surface area contributed by atoms with Crippen LogP contribution < -0.4 is 21.3 Å². The third kappa shape index (κ3) is 8.36. The lowest BCUT2D eigenvalue weighted by atomic mass is 9.70. The summed E-state index contributed by atoms with van der Waals surface area (Å²) in [7, 11) is -3.57. The van der Waals surface area contributed by atoms with Gasteiger partial charge in [0.15, 0.2) is 9.84 Å². The monoisotopic (exact) mass is 773 g/mol. The predicted molar refractivity (Wildman–Crippen MR) is 207 cm³/mol. The van der Waals surface area contributed by atoms with E-state index in [4.69, 9.17) is 0 Å². The van der Waals surface area contributed by atoms with E-state index in [1.165, 1.54) is 0 Å². The molecule has 5 saturated carbocycles. The first kappa shape index (κ1) is 40.9. The van der Waals surface area contributed by atoms with Gasteiger partial charge in [-0.25, -0.2) is 13.2 Å². The Hall–Kier alpha value is -2.70. The zero-order chi connectivity index (χ0) is 39.3. The molecule has 12 nitrogen and oxygen atoms in total. The van der Waals surface area contributed by atoms with Gasteiger partial charge >= 0.3 is 6.03 Å². The number of nitrogens with zero attached hydrogens (tertiary/aromatic N) is 1. The van der Waals surface area contributed by atoms with Crippen LogP contribution in [0.3, 0.4) is 0 Å². The molecule has 0 radical (unpaired) electrons. The number of fused-ring (bicyclic) bond motifs is 1. The summed E-state index contributed by atoms with van der Waals surface area (Å²) in [5.74, 6) is -1.95. The molecule has 2 unspecified atom stereocenters. The van der Waals surface area contributed by atoms with Gasteiger partial charge in [-0.15, -0.1) is 0 Å². The number of hydrogen-bond donors (Lipinski definition) is 4. The first-order chi connectivity index (χ1) is 25.3. The molecule has 4 N–H and O–H groups in total. The summed E-state index contributed by atoms with van der Waals surface area (Å²) in [6.07, 6.45) is 13.5. The van der Waals surface area contributed by atoms with Gasteiger partial charge in [-0.2, -0.15) is 0 Å². The topological polar surface area (TPSA) is 171 Å². The van der Waals surface area contributed by atoms with E-state index >= 15 is 4.79 Å². The van der Waals surface area contributed by atoms with Crippen molar-refractivity contribution in [2.75, 3.05) is 12.3 Å². The standard InChI is InChI=1S/C41H67N5O7S/c1-7-38(2,3)54(52,53)25-41(21-12-9-13-22-41)45-37(51)44-33(40(6)19-10-8-11-20-40)36(50)46-24-28-30(39(28,4)5)31(46)34(48)43-29(23-26-15-14-16-26)32(47)35(49)42-27-17-18-27/h26-31,33H,7-25H2,1-6H3,(H,42,49)(H,43,48)(H2,44,45,51)/t28?,29?,30-,31-,33+/m0/s1. The predicted octanol–water partition coefficient (Wildman–Crippen LogP) is 4.94. The van der Waals surface area contributed by atoms with E-state index in [2.05, 4.69) is 35.1 Å². The molecule has 5 aliphatic carbocycles. The summed E-state index contributed by atoms with van der Waals surface area (Å²) in [6.45, 7) is 12.0. The zero-order valence-electron chi connectivity index (χ0n) is 33.7. The molecule has 6 aliphatic rings. The van der Waals surface area contributed by atoms with E-state index in [-0.39, 0.29) is 40.9 Å². The van der Waals surface area contributed by atoms with Gasteiger partial charge in [0.1, 0.15) is 12.1 Å². The number of hydrogen-bond acceptors (Lipinski definition) is 7. The van der Waals surface area contributed by atoms with Gasteiger partial charge in [-0.3, -0.25) is 19.2 Å². The number of piperidine rings is 1. The number of sulfone groups is 1. The second-order valence-corrected chi connectivity index (χ2v) is 22.2. The second kappa shape index (κ2) is 15.3. The van der Waals surface area contributed by atoms with E-state index in [1.54, 1.807) is 18.7 Å². The van der Waals surface area contributed by atoms with E-state index in [0.717, 1.165) is 83.5 Å². The minimum absolute atomic E-state index is 0.0147. The van der Waals surface area contributed by atoms with Crippen LogP contribution in [0.4, 0.5) is 4.79 Å². The van der Waals surface area contributed by atoms with Crippen LogP contribution in [0.2, 0.25) is 0 Å². The highest BCUT2D eigenvalue weighted by Gasteiger charge is 2.70. The number of carbonyl (C=O) groups is 5. The van der Waals surface area contributed by atoms with Crippen molar-refractivity contribution in [1.29, 1.82) is 0 Å². The molecule has 5 amide bonds. The molecule has 6 fully saturated rings. The van der Waals surface area contributed by atoms with E-state index < -0.39 is 67.3 Å². The van der Waals surface area contributed by atoms with Gasteiger partial charge < -0.3 is 26.2 Å². The number of urea groups is 1. The van der Waals surface area contributed by atoms with E-state index in [0.29, 0.717) is 32.2 Å². The Balaban J connectivity index is 1.24. The average molecular weight is 774 g/mol. The fraction of sp³-hybridized carbons (Fsp3) is 0.878. The summed E-state index contributed by atoms with van der Waals surface area (Å²) in [5, 5.41) is 12.0. The Kier molecular flexibility index (Phi) is 11.6. The number of likely N-dealkylation sites (tertiary alicyclic amines) is 1. The molecule has 0 aromatic heterocycles. The molecule has 304 valence electrons. The molecular weight excluding hydrogens is 707 g/mol. The number of ketones is 1.